The second kappa shape index (κ2) is 5.73. The molecule has 20 heavy (non-hydrogen) atoms. The van der Waals surface area contributed by atoms with Gasteiger partial charge in [-0.05, 0) is 41.5 Å². The third-order valence-corrected chi connectivity index (χ3v) is 3.72. The molecule has 0 unspecified atom stereocenters. The fourth-order valence-electron chi connectivity index (χ4n) is 2.11. The highest BCUT2D eigenvalue weighted by Gasteiger charge is 2.12. The highest BCUT2D eigenvalue weighted by atomic mass is 35.5. The SMILES string of the molecule is ClC1=NNCc2cc(NCc3ccc(Cl)cc3)ccc21. The first kappa shape index (κ1) is 13.3. The van der Waals surface area contributed by atoms with Crippen LogP contribution in [0.3, 0.4) is 0 Å². The molecule has 0 spiro atoms. The molecular weight excluding hydrogens is 293 g/mol. The van der Waals surface area contributed by atoms with Gasteiger partial charge in [-0.2, -0.15) is 5.10 Å². The van der Waals surface area contributed by atoms with E-state index in [1.54, 1.807) is 0 Å². The predicted octanol–water partition coefficient (Wildman–Crippen LogP) is 3.96. The van der Waals surface area contributed by atoms with E-state index in [0.29, 0.717) is 11.7 Å². The molecule has 0 amide bonds. The molecule has 5 heteroatoms. The molecule has 0 radical (unpaired) electrons. The molecule has 0 fully saturated rings. The quantitative estimate of drug-likeness (QED) is 0.900. The summed E-state index contributed by atoms with van der Waals surface area (Å²) in [5, 5.41) is 8.66. The van der Waals surface area contributed by atoms with E-state index in [4.69, 9.17) is 23.2 Å². The Bertz CT molecular complexity index is 651. The van der Waals surface area contributed by atoms with Crippen LogP contribution in [0.15, 0.2) is 47.6 Å². The van der Waals surface area contributed by atoms with Gasteiger partial charge in [-0.3, -0.25) is 0 Å². The van der Waals surface area contributed by atoms with Gasteiger partial charge in [-0.1, -0.05) is 35.3 Å². The molecule has 0 bridgehead atoms. The smallest absolute Gasteiger partial charge is 0.156 e. The van der Waals surface area contributed by atoms with Crippen molar-refractivity contribution >= 4 is 34.1 Å². The van der Waals surface area contributed by atoms with E-state index in [2.05, 4.69) is 21.9 Å². The normalized spacial score (nSPS) is 13.2. The zero-order valence-corrected chi connectivity index (χ0v) is 12.2. The summed E-state index contributed by atoms with van der Waals surface area (Å²) in [6, 6.07) is 13.9. The maximum atomic E-state index is 6.04. The van der Waals surface area contributed by atoms with Gasteiger partial charge in [0.15, 0.2) is 5.17 Å². The van der Waals surface area contributed by atoms with Crippen molar-refractivity contribution in [1.82, 2.24) is 5.43 Å². The Kier molecular flexibility index (Phi) is 3.81. The van der Waals surface area contributed by atoms with Gasteiger partial charge in [0, 0.05) is 22.8 Å². The van der Waals surface area contributed by atoms with Crippen molar-refractivity contribution in [3.63, 3.8) is 0 Å². The molecular formula is C15H13Cl2N3. The van der Waals surface area contributed by atoms with E-state index < -0.39 is 0 Å². The number of nitrogens with one attached hydrogen (secondary N) is 2. The fraction of sp³-hybridized carbons (Fsp3) is 0.133. The summed E-state index contributed by atoms with van der Waals surface area (Å²) < 4.78 is 0. The Morgan fingerprint density at radius 1 is 1.10 bits per heavy atom. The number of benzene rings is 2. The molecule has 0 saturated heterocycles. The van der Waals surface area contributed by atoms with Gasteiger partial charge >= 0.3 is 0 Å². The number of nitrogens with zero attached hydrogens (tertiary/aromatic N) is 1. The molecule has 102 valence electrons. The number of anilines is 1. The average molecular weight is 306 g/mol. The van der Waals surface area contributed by atoms with Crippen molar-refractivity contribution in [2.24, 2.45) is 5.10 Å². The van der Waals surface area contributed by atoms with Crippen molar-refractivity contribution < 1.29 is 0 Å². The van der Waals surface area contributed by atoms with Crippen LogP contribution in [0.4, 0.5) is 5.69 Å². The molecule has 1 aliphatic heterocycles. The number of hydrazone groups is 1. The summed E-state index contributed by atoms with van der Waals surface area (Å²) in [7, 11) is 0. The number of hydrogen-bond acceptors (Lipinski definition) is 3. The van der Waals surface area contributed by atoms with Crippen LogP contribution in [0.25, 0.3) is 0 Å². The summed E-state index contributed by atoms with van der Waals surface area (Å²) >= 11 is 11.9. The molecule has 0 aliphatic carbocycles. The fourth-order valence-corrected chi connectivity index (χ4v) is 2.48. The Labute approximate surface area is 127 Å². The van der Waals surface area contributed by atoms with E-state index in [-0.39, 0.29) is 0 Å². The lowest BCUT2D eigenvalue weighted by atomic mass is 10.1. The minimum absolute atomic E-state index is 0.510. The maximum Gasteiger partial charge on any atom is 0.156 e. The minimum atomic E-state index is 0.510. The molecule has 2 N–H and O–H groups in total. The van der Waals surface area contributed by atoms with E-state index >= 15 is 0 Å². The third kappa shape index (κ3) is 2.89. The predicted molar refractivity (Wildman–Crippen MR) is 84.5 cm³/mol. The van der Waals surface area contributed by atoms with Gasteiger partial charge < -0.3 is 10.7 Å². The Morgan fingerprint density at radius 3 is 2.70 bits per heavy atom. The molecule has 3 rings (SSSR count). The second-order valence-corrected chi connectivity index (χ2v) is 5.38. The lowest BCUT2D eigenvalue weighted by Gasteiger charge is -2.16. The van der Waals surface area contributed by atoms with Crippen LogP contribution in [-0.2, 0) is 13.1 Å². The molecule has 0 atom stereocenters. The van der Waals surface area contributed by atoms with Gasteiger partial charge in [0.2, 0.25) is 0 Å². The number of hydrogen-bond donors (Lipinski definition) is 2. The van der Waals surface area contributed by atoms with Crippen LogP contribution in [0.2, 0.25) is 5.02 Å². The second-order valence-electron chi connectivity index (χ2n) is 4.59. The van der Waals surface area contributed by atoms with Gasteiger partial charge in [0.25, 0.3) is 0 Å². The monoisotopic (exact) mass is 305 g/mol. The first-order valence-electron chi connectivity index (χ1n) is 6.30. The van der Waals surface area contributed by atoms with Crippen molar-refractivity contribution in [1.29, 1.82) is 0 Å². The van der Waals surface area contributed by atoms with Crippen molar-refractivity contribution in [3.8, 4) is 0 Å². The van der Waals surface area contributed by atoms with E-state index in [0.717, 1.165) is 28.4 Å². The first-order chi connectivity index (χ1) is 9.72. The number of halogens is 2. The van der Waals surface area contributed by atoms with Crippen LogP contribution in [0.5, 0.6) is 0 Å². The largest absolute Gasteiger partial charge is 0.381 e. The van der Waals surface area contributed by atoms with Crippen LogP contribution >= 0.6 is 23.2 Å². The van der Waals surface area contributed by atoms with Gasteiger partial charge in [-0.15, -0.1) is 0 Å². The van der Waals surface area contributed by atoms with E-state index in [1.807, 2.05) is 36.4 Å². The lowest BCUT2D eigenvalue weighted by Crippen LogP contribution is -2.17. The van der Waals surface area contributed by atoms with Crippen LogP contribution in [0.1, 0.15) is 16.7 Å². The number of fused-ring (bicyclic) bond motifs is 1. The van der Waals surface area contributed by atoms with Gasteiger partial charge in [0.05, 0.1) is 6.54 Å². The van der Waals surface area contributed by atoms with E-state index in [1.165, 1.54) is 5.56 Å². The Morgan fingerprint density at radius 2 is 1.90 bits per heavy atom. The number of rotatable bonds is 3. The zero-order valence-electron chi connectivity index (χ0n) is 10.7. The Hall–Kier alpha value is -1.71. The average Bonchev–Trinajstić information content (AvgIpc) is 2.47. The zero-order chi connectivity index (χ0) is 13.9. The van der Waals surface area contributed by atoms with E-state index in [9.17, 15) is 0 Å². The Balaban J connectivity index is 1.72. The maximum absolute atomic E-state index is 6.04. The summed E-state index contributed by atoms with van der Waals surface area (Å²) in [5.74, 6) is 0. The molecule has 0 saturated carbocycles. The van der Waals surface area contributed by atoms with Crippen molar-refractivity contribution in [3.05, 3.63) is 64.2 Å². The van der Waals surface area contributed by atoms with Crippen LogP contribution in [-0.4, -0.2) is 5.17 Å². The summed E-state index contributed by atoms with van der Waals surface area (Å²) in [6.45, 7) is 1.45. The topological polar surface area (TPSA) is 36.4 Å². The molecule has 0 aromatic heterocycles. The lowest BCUT2D eigenvalue weighted by molar-refractivity contribution is 0.733. The van der Waals surface area contributed by atoms with Crippen molar-refractivity contribution in [2.75, 3.05) is 5.32 Å². The molecule has 2 aromatic rings. The van der Waals surface area contributed by atoms with Crippen LogP contribution in [0, 0.1) is 0 Å². The highest BCUT2D eigenvalue weighted by Crippen LogP contribution is 2.21. The summed E-state index contributed by atoms with van der Waals surface area (Å²) in [6.07, 6.45) is 0. The molecule has 1 aliphatic rings. The molecule has 3 nitrogen and oxygen atoms in total. The van der Waals surface area contributed by atoms with Gasteiger partial charge in [0.1, 0.15) is 0 Å². The third-order valence-electron chi connectivity index (χ3n) is 3.18. The summed E-state index contributed by atoms with van der Waals surface area (Å²) in [4.78, 5) is 0. The molecule has 1 heterocycles. The first-order valence-corrected chi connectivity index (χ1v) is 7.05. The standard InChI is InChI=1S/C15H13Cl2N3/c16-12-3-1-10(2-4-12)8-18-13-5-6-14-11(7-13)9-19-20-15(14)17/h1-7,18-19H,8-9H2. The minimum Gasteiger partial charge on any atom is -0.381 e. The summed E-state index contributed by atoms with van der Waals surface area (Å²) in [5.41, 5.74) is 7.29. The van der Waals surface area contributed by atoms with Crippen molar-refractivity contribution in [2.45, 2.75) is 13.1 Å². The highest BCUT2D eigenvalue weighted by molar-refractivity contribution is 6.69. The van der Waals surface area contributed by atoms with Crippen LogP contribution < -0.4 is 10.7 Å². The van der Waals surface area contributed by atoms with Gasteiger partial charge in [-0.25, -0.2) is 0 Å². The molecule has 2 aromatic carbocycles.